The standard InChI is InChI=1S/C20H30N2O2/c1-16-6-7-17(2)19(15-16)20(23)22-9-4-3-5-18(22)8-10-21-11-13-24-14-12-21/h6-7,15,18H,3-5,8-14H2,1-2H3/t18-/m1/s1. The monoisotopic (exact) mass is 330 g/mol. The fraction of sp³-hybridized carbons (Fsp3) is 0.650. The molecule has 1 aromatic rings. The van der Waals surface area contributed by atoms with E-state index in [9.17, 15) is 4.79 Å². The highest BCUT2D eigenvalue weighted by atomic mass is 16.5. The van der Waals surface area contributed by atoms with Crippen LogP contribution in [0.2, 0.25) is 0 Å². The number of aryl methyl sites for hydroxylation is 2. The number of piperidine rings is 1. The van der Waals surface area contributed by atoms with Crippen LogP contribution in [-0.4, -0.2) is 61.1 Å². The molecule has 2 heterocycles. The highest BCUT2D eigenvalue weighted by Crippen LogP contribution is 2.24. The number of morpholine rings is 1. The molecular formula is C20H30N2O2. The van der Waals surface area contributed by atoms with Gasteiger partial charge < -0.3 is 9.64 Å². The van der Waals surface area contributed by atoms with Crippen LogP contribution in [0.4, 0.5) is 0 Å². The Kier molecular flexibility index (Phi) is 5.90. The molecule has 24 heavy (non-hydrogen) atoms. The second-order valence-electron chi connectivity index (χ2n) is 7.21. The van der Waals surface area contributed by atoms with Crippen LogP contribution in [0.1, 0.15) is 47.2 Å². The lowest BCUT2D eigenvalue weighted by Crippen LogP contribution is -2.46. The third-order valence-corrected chi connectivity index (χ3v) is 5.39. The van der Waals surface area contributed by atoms with Crippen molar-refractivity contribution in [2.24, 2.45) is 0 Å². The van der Waals surface area contributed by atoms with Gasteiger partial charge in [0.1, 0.15) is 0 Å². The minimum Gasteiger partial charge on any atom is -0.379 e. The average molecular weight is 330 g/mol. The van der Waals surface area contributed by atoms with Gasteiger partial charge in [0.25, 0.3) is 5.91 Å². The van der Waals surface area contributed by atoms with Gasteiger partial charge in [-0.15, -0.1) is 0 Å². The number of carbonyl (C=O) groups is 1. The van der Waals surface area contributed by atoms with Crippen LogP contribution < -0.4 is 0 Å². The molecule has 132 valence electrons. The number of nitrogens with zero attached hydrogens (tertiary/aromatic N) is 2. The maximum atomic E-state index is 13.1. The van der Waals surface area contributed by atoms with Crippen LogP contribution in [0, 0.1) is 13.8 Å². The molecule has 1 aromatic carbocycles. The lowest BCUT2D eigenvalue weighted by atomic mass is 9.96. The molecule has 3 rings (SSSR count). The van der Waals surface area contributed by atoms with Gasteiger partial charge in [0.15, 0.2) is 0 Å². The number of likely N-dealkylation sites (tertiary alicyclic amines) is 1. The Morgan fingerprint density at radius 1 is 1.17 bits per heavy atom. The molecule has 0 aromatic heterocycles. The Morgan fingerprint density at radius 3 is 2.75 bits per heavy atom. The van der Waals surface area contributed by atoms with Gasteiger partial charge in [-0.05, 0) is 51.2 Å². The van der Waals surface area contributed by atoms with Crippen LogP contribution in [0.25, 0.3) is 0 Å². The molecule has 0 radical (unpaired) electrons. The summed E-state index contributed by atoms with van der Waals surface area (Å²) in [5.74, 6) is 0.225. The van der Waals surface area contributed by atoms with E-state index in [4.69, 9.17) is 4.74 Å². The molecule has 0 saturated carbocycles. The second-order valence-corrected chi connectivity index (χ2v) is 7.21. The summed E-state index contributed by atoms with van der Waals surface area (Å²) in [6.45, 7) is 9.81. The Bertz CT molecular complexity index is 567. The van der Waals surface area contributed by atoms with E-state index >= 15 is 0 Å². The average Bonchev–Trinajstić information content (AvgIpc) is 2.62. The third-order valence-electron chi connectivity index (χ3n) is 5.39. The molecular weight excluding hydrogens is 300 g/mol. The molecule has 0 N–H and O–H groups in total. The molecule has 0 unspecified atom stereocenters. The van der Waals surface area contributed by atoms with Gasteiger partial charge in [-0.3, -0.25) is 9.69 Å². The molecule has 0 bridgehead atoms. The van der Waals surface area contributed by atoms with Gasteiger partial charge >= 0.3 is 0 Å². The predicted molar refractivity (Wildman–Crippen MR) is 96.5 cm³/mol. The van der Waals surface area contributed by atoms with Crippen molar-refractivity contribution in [1.82, 2.24) is 9.80 Å². The fourth-order valence-electron chi connectivity index (χ4n) is 3.85. The predicted octanol–water partition coefficient (Wildman–Crippen LogP) is 3.02. The van der Waals surface area contributed by atoms with Crippen LogP contribution in [-0.2, 0) is 4.74 Å². The van der Waals surface area contributed by atoms with Gasteiger partial charge in [0.05, 0.1) is 13.2 Å². The van der Waals surface area contributed by atoms with Crippen molar-refractivity contribution in [1.29, 1.82) is 0 Å². The summed E-state index contributed by atoms with van der Waals surface area (Å²) in [5.41, 5.74) is 3.13. The topological polar surface area (TPSA) is 32.8 Å². The lowest BCUT2D eigenvalue weighted by molar-refractivity contribution is 0.0295. The minimum absolute atomic E-state index is 0.225. The van der Waals surface area contributed by atoms with Crippen LogP contribution >= 0.6 is 0 Å². The molecule has 4 nitrogen and oxygen atoms in total. The molecule has 0 spiro atoms. The first-order chi connectivity index (χ1) is 11.6. The smallest absolute Gasteiger partial charge is 0.254 e. The van der Waals surface area contributed by atoms with Crippen molar-refractivity contribution in [2.45, 2.75) is 45.6 Å². The van der Waals surface area contributed by atoms with Crippen molar-refractivity contribution in [3.63, 3.8) is 0 Å². The zero-order valence-electron chi connectivity index (χ0n) is 15.1. The first-order valence-corrected chi connectivity index (χ1v) is 9.33. The molecule has 2 aliphatic heterocycles. The van der Waals surface area contributed by atoms with Crippen LogP contribution in [0.15, 0.2) is 18.2 Å². The largest absolute Gasteiger partial charge is 0.379 e. The Morgan fingerprint density at radius 2 is 1.96 bits per heavy atom. The number of rotatable bonds is 4. The molecule has 1 atom stereocenters. The Balaban J connectivity index is 1.66. The van der Waals surface area contributed by atoms with Gasteiger partial charge in [0.2, 0.25) is 0 Å². The number of ether oxygens (including phenoxy) is 1. The van der Waals surface area contributed by atoms with Gasteiger partial charge in [0, 0.05) is 37.8 Å². The van der Waals surface area contributed by atoms with E-state index in [0.29, 0.717) is 6.04 Å². The maximum absolute atomic E-state index is 13.1. The second kappa shape index (κ2) is 8.13. The molecule has 0 aliphatic carbocycles. The van der Waals surface area contributed by atoms with Crippen molar-refractivity contribution in [3.8, 4) is 0 Å². The summed E-state index contributed by atoms with van der Waals surface area (Å²) < 4.78 is 5.43. The van der Waals surface area contributed by atoms with E-state index in [1.165, 1.54) is 6.42 Å². The zero-order valence-corrected chi connectivity index (χ0v) is 15.1. The quantitative estimate of drug-likeness (QED) is 0.851. The normalized spacial score (nSPS) is 22.6. The number of carbonyl (C=O) groups excluding carboxylic acids is 1. The zero-order chi connectivity index (χ0) is 16.9. The van der Waals surface area contributed by atoms with E-state index in [0.717, 1.165) is 75.3 Å². The van der Waals surface area contributed by atoms with Crippen molar-refractivity contribution < 1.29 is 9.53 Å². The summed E-state index contributed by atoms with van der Waals surface area (Å²) in [6.07, 6.45) is 4.59. The molecule has 4 heteroatoms. The summed E-state index contributed by atoms with van der Waals surface area (Å²) in [4.78, 5) is 17.7. The van der Waals surface area contributed by atoms with E-state index in [1.807, 2.05) is 13.0 Å². The summed E-state index contributed by atoms with van der Waals surface area (Å²) in [6, 6.07) is 6.58. The lowest BCUT2D eigenvalue weighted by Gasteiger charge is -2.38. The minimum atomic E-state index is 0.225. The Labute approximate surface area is 145 Å². The first-order valence-electron chi connectivity index (χ1n) is 9.33. The van der Waals surface area contributed by atoms with Crippen LogP contribution in [0.5, 0.6) is 0 Å². The fourth-order valence-corrected chi connectivity index (χ4v) is 3.85. The highest BCUT2D eigenvalue weighted by molar-refractivity contribution is 5.96. The van der Waals surface area contributed by atoms with E-state index < -0.39 is 0 Å². The SMILES string of the molecule is Cc1ccc(C)c(C(=O)N2CCCC[C@@H]2CCN2CCOCC2)c1. The third kappa shape index (κ3) is 4.17. The summed E-state index contributed by atoms with van der Waals surface area (Å²) >= 11 is 0. The number of benzene rings is 1. The Hall–Kier alpha value is -1.39. The van der Waals surface area contributed by atoms with E-state index in [1.54, 1.807) is 0 Å². The van der Waals surface area contributed by atoms with Gasteiger partial charge in [-0.2, -0.15) is 0 Å². The van der Waals surface area contributed by atoms with Crippen molar-refractivity contribution >= 4 is 5.91 Å². The molecule has 2 aliphatic rings. The first kappa shape index (κ1) is 17.4. The summed E-state index contributed by atoms with van der Waals surface area (Å²) in [5, 5.41) is 0. The van der Waals surface area contributed by atoms with Gasteiger partial charge in [-0.25, -0.2) is 0 Å². The molecule has 2 saturated heterocycles. The number of hydrogen-bond acceptors (Lipinski definition) is 3. The van der Waals surface area contributed by atoms with Crippen molar-refractivity contribution in [2.75, 3.05) is 39.4 Å². The van der Waals surface area contributed by atoms with Crippen LogP contribution in [0.3, 0.4) is 0 Å². The van der Waals surface area contributed by atoms with Crippen molar-refractivity contribution in [3.05, 3.63) is 34.9 Å². The molecule has 2 fully saturated rings. The van der Waals surface area contributed by atoms with E-state index in [-0.39, 0.29) is 5.91 Å². The highest BCUT2D eigenvalue weighted by Gasteiger charge is 2.28. The number of amides is 1. The maximum Gasteiger partial charge on any atom is 0.254 e. The van der Waals surface area contributed by atoms with Gasteiger partial charge in [-0.1, -0.05) is 17.7 Å². The number of hydrogen-bond donors (Lipinski definition) is 0. The van der Waals surface area contributed by atoms with E-state index in [2.05, 4.69) is 28.9 Å². The molecule has 1 amide bonds. The summed E-state index contributed by atoms with van der Waals surface area (Å²) in [7, 11) is 0.